The van der Waals surface area contributed by atoms with Crippen molar-refractivity contribution in [2.24, 2.45) is 0 Å². The number of rotatable bonds is 2. The summed E-state index contributed by atoms with van der Waals surface area (Å²) in [6.07, 6.45) is 2.35. The van der Waals surface area contributed by atoms with Gasteiger partial charge in [-0.05, 0) is 25.5 Å². The van der Waals surface area contributed by atoms with Gasteiger partial charge in [0.2, 0.25) is 0 Å². The average molecular weight is 245 g/mol. The molecule has 18 heavy (non-hydrogen) atoms. The van der Waals surface area contributed by atoms with Crippen LogP contribution < -0.4 is 9.64 Å². The molecule has 2 aliphatic heterocycles. The summed E-state index contributed by atoms with van der Waals surface area (Å²) in [5, 5.41) is 0. The van der Waals surface area contributed by atoms with E-state index in [0.29, 0.717) is 18.7 Å². The van der Waals surface area contributed by atoms with Gasteiger partial charge in [0.05, 0.1) is 17.4 Å². The molecule has 0 fully saturated rings. The predicted molar refractivity (Wildman–Crippen MR) is 67.4 cm³/mol. The first-order valence-corrected chi connectivity index (χ1v) is 6.08. The summed E-state index contributed by atoms with van der Waals surface area (Å²) in [6.45, 7) is 4.17. The fraction of sp³-hybridized carbons (Fsp3) is 0.357. The van der Waals surface area contributed by atoms with Crippen LogP contribution in [0.4, 0.5) is 5.69 Å². The van der Waals surface area contributed by atoms with E-state index in [-0.39, 0.29) is 12.1 Å². The summed E-state index contributed by atoms with van der Waals surface area (Å²) in [5.41, 5.74) is 2.88. The van der Waals surface area contributed by atoms with E-state index in [9.17, 15) is 4.79 Å². The third kappa shape index (κ3) is 1.74. The molecule has 0 unspecified atom stereocenters. The number of carbonyl (C=O) groups is 1. The molecule has 1 aromatic rings. The maximum Gasteiger partial charge on any atom is 0.336 e. The van der Waals surface area contributed by atoms with Gasteiger partial charge in [-0.3, -0.25) is 0 Å². The monoisotopic (exact) mass is 245 g/mol. The second-order valence-corrected chi connectivity index (χ2v) is 4.79. The van der Waals surface area contributed by atoms with Gasteiger partial charge in [-0.1, -0.05) is 12.1 Å². The molecule has 2 aliphatic rings. The van der Waals surface area contributed by atoms with E-state index in [1.54, 1.807) is 0 Å². The van der Waals surface area contributed by atoms with Crippen LogP contribution in [0.1, 0.15) is 19.4 Å². The number of ether oxygens (including phenoxy) is 2. The number of benzene rings is 1. The van der Waals surface area contributed by atoms with Crippen LogP contribution >= 0.6 is 0 Å². The minimum Gasteiger partial charge on any atom is -0.471 e. The number of hydrogen-bond donors (Lipinski definition) is 0. The molecule has 0 radical (unpaired) electrons. The van der Waals surface area contributed by atoms with Crippen molar-refractivity contribution in [3.63, 3.8) is 0 Å². The Hall–Kier alpha value is -1.97. The summed E-state index contributed by atoms with van der Waals surface area (Å²) < 4.78 is 10.8. The van der Waals surface area contributed by atoms with Crippen LogP contribution in [0.15, 0.2) is 30.0 Å². The molecule has 94 valence electrons. The maximum atomic E-state index is 11.9. The van der Waals surface area contributed by atoms with Gasteiger partial charge in [-0.15, -0.1) is 0 Å². The van der Waals surface area contributed by atoms with Crippen LogP contribution in [0, 0.1) is 0 Å². The number of carbonyl (C=O) groups excluding carboxylic acids is 1. The molecule has 1 aromatic carbocycles. The Balaban J connectivity index is 1.91. The van der Waals surface area contributed by atoms with Gasteiger partial charge in [0, 0.05) is 12.6 Å². The van der Waals surface area contributed by atoms with Gasteiger partial charge in [0.15, 0.2) is 6.73 Å². The van der Waals surface area contributed by atoms with Crippen LogP contribution in [0.2, 0.25) is 0 Å². The van der Waals surface area contributed by atoms with Crippen LogP contribution in [0.3, 0.4) is 0 Å². The highest BCUT2D eigenvalue weighted by molar-refractivity contribution is 5.92. The molecule has 0 atom stereocenters. The summed E-state index contributed by atoms with van der Waals surface area (Å²) in [7, 11) is 0. The molecule has 0 aromatic heterocycles. The first kappa shape index (κ1) is 11.1. The largest absolute Gasteiger partial charge is 0.471 e. The highest BCUT2D eigenvalue weighted by Crippen LogP contribution is 2.41. The zero-order chi connectivity index (χ0) is 12.7. The molecule has 0 N–H and O–H groups in total. The van der Waals surface area contributed by atoms with E-state index < -0.39 is 0 Å². The van der Waals surface area contributed by atoms with Gasteiger partial charge in [-0.25, -0.2) is 4.79 Å². The standard InChI is InChI=1S/C14H15NO3/c1-9(2)18-14(16)11-6-10-4-3-5-12-13(10)15(7-11)8-17-12/h3-5,7,9H,6,8H2,1-2H3. The van der Waals surface area contributed by atoms with Gasteiger partial charge in [0.25, 0.3) is 0 Å². The molecule has 0 saturated heterocycles. The number of hydrogen-bond acceptors (Lipinski definition) is 4. The van der Waals surface area contributed by atoms with Gasteiger partial charge in [0.1, 0.15) is 5.75 Å². The van der Waals surface area contributed by atoms with E-state index >= 15 is 0 Å². The molecular weight excluding hydrogens is 230 g/mol. The van der Waals surface area contributed by atoms with Crippen molar-refractivity contribution in [1.82, 2.24) is 0 Å². The Morgan fingerprint density at radius 2 is 2.28 bits per heavy atom. The first-order chi connectivity index (χ1) is 8.65. The summed E-state index contributed by atoms with van der Waals surface area (Å²) in [5.74, 6) is 0.646. The van der Waals surface area contributed by atoms with E-state index in [1.807, 2.05) is 43.1 Å². The molecule has 0 saturated carbocycles. The van der Waals surface area contributed by atoms with Crippen molar-refractivity contribution < 1.29 is 14.3 Å². The highest BCUT2D eigenvalue weighted by atomic mass is 16.5. The zero-order valence-electron chi connectivity index (χ0n) is 10.5. The van der Waals surface area contributed by atoms with Crippen molar-refractivity contribution in [3.05, 3.63) is 35.5 Å². The number of para-hydroxylation sites is 1. The van der Waals surface area contributed by atoms with Crippen LogP contribution in [-0.4, -0.2) is 18.8 Å². The topological polar surface area (TPSA) is 38.8 Å². The first-order valence-electron chi connectivity index (χ1n) is 6.08. The van der Waals surface area contributed by atoms with Crippen molar-refractivity contribution in [2.75, 3.05) is 11.6 Å². The molecular formula is C14H15NO3. The molecule has 3 rings (SSSR count). The number of anilines is 1. The van der Waals surface area contributed by atoms with Gasteiger partial charge in [-0.2, -0.15) is 0 Å². The Labute approximate surface area is 106 Å². The van der Waals surface area contributed by atoms with Crippen molar-refractivity contribution in [2.45, 2.75) is 26.4 Å². The Bertz CT molecular complexity index is 534. The molecule has 4 heteroatoms. The van der Waals surface area contributed by atoms with Crippen LogP contribution in [0.25, 0.3) is 0 Å². The molecule has 4 nitrogen and oxygen atoms in total. The van der Waals surface area contributed by atoms with Crippen molar-refractivity contribution in [3.8, 4) is 5.75 Å². The smallest absolute Gasteiger partial charge is 0.336 e. The normalized spacial score (nSPS) is 16.2. The minimum atomic E-state index is -0.243. The lowest BCUT2D eigenvalue weighted by Crippen LogP contribution is -2.24. The molecule has 0 aliphatic carbocycles. The molecule has 0 bridgehead atoms. The summed E-state index contributed by atoms with van der Waals surface area (Å²) >= 11 is 0. The average Bonchev–Trinajstić information content (AvgIpc) is 2.74. The van der Waals surface area contributed by atoms with Crippen LogP contribution in [0.5, 0.6) is 5.75 Å². The maximum absolute atomic E-state index is 11.9. The minimum absolute atomic E-state index is 0.0963. The Kier molecular flexibility index (Phi) is 2.51. The lowest BCUT2D eigenvalue weighted by Gasteiger charge is -2.22. The molecule has 0 amide bonds. The van der Waals surface area contributed by atoms with E-state index in [4.69, 9.17) is 9.47 Å². The second-order valence-electron chi connectivity index (χ2n) is 4.79. The Morgan fingerprint density at radius 3 is 3.06 bits per heavy atom. The number of esters is 1. The third-order valence-electron chi connectivity index (χ3n) is 3.03. The van der Waals surface area contributed by atoms with Crippen molar-refractivity contribution in [1.29, 1.82) is 0 Å². The lowest BCUT2D eigenvalue weighted by atomic mass is 10.00. The van der Waals surface area contributed by atoms with Crippen molar-refractivity contribution >= 4 is 11.7 Å². The highest BCUT2D eigenvalue weighted by Gasteiger charge is 2.29. The fourth-order valence-corrected chi connectivity index (χ4v) is 2.31. The lowest BCUT2D eigenvalue weighted by molar-refractivity contribution is -0.142. The molecule has 0 spiro atoms. The summed E-state index contributed by atoms with van der Waals surface area (Å²) in [4.78, 5) is 13.9. The van der Waals surface area contributed by atoms with Gasteiger partial charge < -0.3 is 14.4 Å². The third-order valence-corrected chi connectivity index (χ3v) is 3.03. The molecule has 2 heterocycles. The second kappa shape index (κ2) is 4.05. The summed E-state index contributed by atoms with van der Waals surface area (Å²) in [6, 6.07) is 5.93. The predicted octanol–water partition coefficient (Wildman–Crippen LogP) is 2.23. The Morgan fingerprint density at radius 1 is 1.44 bits per heavy atom. The van der Waals surface area contributed by atoms with E-state index in [2.05, 4.69) is 0 Å². The quantitative estimate of drug-likeness (QED) is 0.749. The van der Waals surface area contributed by atoms with Gasteiger partial charge >= 0.3 is 5.97 Å². The van der Waals surface area contributed by atoms with Crippen LogP contribution in [-0.2, 0) is 16.0 Å². The zero-order valence-corrected chi connectivity index (χ0v) is 10.5. The van der Waals surface area contributed by atoms with E-state index in [1.165, 1.54) is 0 Å². The van der Waals surface area contributed by atoms with E-state index in [0.717, 1.165) is 17.0 Å². The number of nitrogens with zero attached hydrogens (tertiary/aromatic N) is 1. The fourth-order valence-electron chi connectivity index (χ4n) is 2.31. The SMILES string of the molecule is CC(C)OC(=O)C1=CN2COc3cccc(c32)C1.